The van der Waals surface area contributed by atoms with E-state index in [0.717, 1.165) is 12.5 Å². The van der Waals surface area contributed by atoms with Crippen LogP contribution in [0.3, 0.4) is 0 Å². The van der Waals surface area contributed by atoms with E-state index < -0.39 is 0 Å². The molecule has 0 atom stereocenters. The second kappa shape index (κ2) is 7.87. The van der Waals surface area contributed by atoms with Crippen LogP contribution in [0.5, 0.6) is 0 Å². The molecule has 1 fully saturated rings. The average molecular weight is 307 g/mol. The minimum atomic E-state index is -0.382. The highest BCUT2D eigenvalue weighted by molar-refractivity contribution is 5.90. The summed E-state index contributed by atoms with van der Waals surface area (Å²) in [5, 5.41) is 6.69. The van der Waals surface area contributed by atoms with Crippen molar-refractivity contribution in [1.82, 2.24) is 10.6 Å². The number of ether oxygens (including phenoxy) is 1. The summed E-state index contributed by atoms with van der Waals surface area (Å²) in [7, 11) is 1.36. The van der Waals surface area contributed by atoms with E-state index >= 15 is 0 Å². The first-order valence-electron chi connectivity index (χ1n) is 7.86. The molecule has 1 heterocycles. The lowest BCUT2D eigenvalue weighted by molar-refractivity contribution is 0.0599. The predicted octanol–water partition coefficient (Wildman–Crippen LogP) is 2.37. The molecule has 0 bridgehead atoms. The normalized spacial score (nSPS) is 15.9. The van der Waals surface area contributed by atoms with Crippen molar-refractivity contribution in [2.45, 2.75) is 52.1 Å². The third-order valence-corrected chi connectivity index (χ3v) is 3.81. The fourth-order valence-corrected chi connectivity index (χ4v) is 2.67. The van der Waals surface area contributed by atoms with E-state index in [1.807, 2.05) is 6.92 Å². The standard InChI is InChI=1S/C16H25N3O3/c1-4-17-16(19-12-7-5-6-8-12)18-10-13-9-14(11(2)22-13)15(20)21-3/h9,12H,4-8,10H2,1-3H3,(H2,17,18,19). The largest absolute Gasteiger partial charge is 0.465 e. The van der Waals surface area contributed by atoms with Crippen LogP contribution in [-0.4, -0.2) is 31.6 Å². The van der Waals surface area contributed by atoms with Crippen LogP contribution in [0.1, 0.15) is 54.5 Å². The molecule has 122 valence electrons. The number of nitrogens with zero attached hydrogens (tertiary/aromatic N) is 1. The summed E-state index contributed by atoms with van der Waals surface area (Å²) in [4.78, 5) is 16.1. The lowest BCUT2D eigenvalue weighted by Gasteiger charge is -2.16. The van der Waals surface area contributed by atoms with Crippen LogP contribution in [0, 0.1) is 6.92 Å². The van der Waals surface area contributed by atoms with Gasteiger partial charge in [0.25, 0.3) is 0 Å². The number of nitrogens with one attached hydrogen (secondary N) is 2. The zero-order chi connectivity index (χ0) is 15.9. The molecule has 0 amide bonds. The van der Waals surface area contributed by atoms with Gasteiger partial charge in [0.05, 0.1) is 7.11 Å². The number of furan rings is 1. The molecule has 1 aromatic heterocycles. The second-order valence-electron chi connectivity index (χ2n) is 5.50. The maximum absolute atomic E-state index is 11.6. The van der Waals surface area contributed by atoms with Gasteiger partial charge in [-0.25, -0.2) is 9.79 Å². The molecule has 6 nitrogen and oxygen atoms in total. The minimum Gasteiger partial charge on any atom is -0.465 e. The van der Waals surface area contributed by atoms with Crippen molar-refractivity contribution in [3.05, 3.63) is 23.2 Å². The van der Waals surface area contributed by atoms with Crippen molar-refractivity contribution in [2.24, 2.45) is 4.99 Å². The molecular formula is C16H25N3O3. The van der Waals surface area contributed by atoms with Crippen molar-refractivity contribution in [3.63, 3.8) is 0 Å². The van der Waals surface area contributed by atoms with Gasteiger partial charge in [0.15, 0.2) is 5.96 Å². The van der Waals surface area contributed by atoms with E-state index in [2.05, 4.69) is 15.6 Å². The number of aliphatic imine (C=N–C) groups is 1. The van der Waals surface area contributed by atoms with Gasteiger partial charge in [-0.1, -0.05) is 12.8 Å². The molecular weight excluding hydrogens is 282 g/mol. The monoisotopic (exact) mass is 307 g/mol. The summed E-state index contributed by atoms with van der Waals surface area (Å²) >= 11 is 0. The van der Waals surface area contributed by atoms with E-state index in [9.17, 15) is 4.79 Å². The first-order chi connectivity index (χ1) is 10.6. The van der Waals surface area contributed by atoms with Crippen molar-refractivity contribution in [1.29, 1.82) is 0 Å². The number of carbonyl (C=O) groups excluding carboxylic acids is 1. The third kappa shape index (κ3) is 4.26. The fraction of sp³-hybridized carbons (Fsp3) is 0.625. The number of hydrogen-bond donors (Lipinski definition) is 2. The Morgan fingerprint density at radius 3 is 2.82 bits per heavy atom. The number of esters is 1. The minimum absolute atomic E-state index is 0.382. The van der Waals surface area contributed by atoms with Gasteiger partial charge in [-0.2, -0.15) is 0 Å². The lowest BCUT2D eigenvalue weighted by Crippen LogP contribution is -2.42. The number of hydrogen-bond acceptors (Lipinski definition) is 4. The molecule has 6 heteroatoms. The highest BCUT2D eigenvalue weighted by Crippen LogP contribution is 2.18. The Kier molecular flexibility index (Phi) is 5.86. The SMILES string of the molecule is CCNC(=NCc1cc(C(=O)OC)c(C)o1)NC1CCCC1. The summed E-state index contributed by atoms with van der Waals surface area (Å²) in [6, 6.07) is 2.20. The first kappa shape index (κ1) is 16.4. The first-order valence-corrected chi connectivity index (χ1v) is 7.86. The molecule has 1 saturated carbocycles. The van der Waals surface area contributed by atoms with Crippen LogP contribution >= 0.6 is 0 Å². The predicted molar refractivity (Wildman–Crippen MR) is 85.0 cm³/mol. The molecule has 2 rings (SSSR count). The van der Waals surface area contributed by atoms with Crippen molar-refractivity contribution < 1.29 is 13.9 Å². The quantitative estimate of drug-likeness (QED) is 0.496. The lowest BCUT2D eigenvalue weighted by atomic mass is 10.2. The smallest absolute Gasteiger partial charge is 0.341 e. The van der Waals surface area contributed by atoms with Crippen LogP contribution in [0.4, 0.5) is 0 Å². The molecule has 0 radical (unpaired) electrons. The molecule has 22 heavy (non-hydrogen) atoms. The zero-order valence-electron chi connectivity index (χ0n) is 13.6. The van der Waals surface area contributed by atoms with Crippen LogP contribution in [0.2, 0.25) is 0 Å². The number of methoxy groups -OCH3 is 1. The van der Waals surface area contributed by atoms with E-state index in [1.54, 1.807) is 13.0 Å². The van der Waals surface area contributed by atoms with E-state index in [-0.39, 0.29) is 5.97 Å². The molecule has 0 spiro atoms. The molecule has 1 aromatic rings. The van der Waals surface area contributed by atoms with Gasteiger partial charge in [0.1, 0.15) is 23.6 Å². The zero-order valence-corrected chi connectivity index (χ0v) is 13.6. The van der Waals surface area contributed by atoms with Gasteiger partial charge in [0, 0.05) is 12.6 Å². The highest BCUT2D eigenvalue weighted by atomic mass is 16.5. The Morgan fingerprint density at radius 1 is 1.45 bits per heavy atom. The maximum Gasteiger partial charge on any atom is 0.341 e. The van der Waals surface area contributed by atoms with E-state index in [4.69, 9.17) is 9.15 Å². The van der Waals surface area contributed by atoms with E-state index in [0.29, 0.717) is 29.7 Å². The van der Waals surface area contributed by atoms with Crippen molar-refractivity contribution >= 4 is 11.9 Å². The molecule has 1 aliphatic rings. The number of guanidine groups is 1. The number of aryl methyl sites for hydroxylation is 1. The fourth-order valence-electron chi connectivity index (χ4n) is 2.67. The van der Waals surface area contributed by atoms with Crippen molar-refractivity contribution in [3.8, 4) is 0 Å². The van der Waals surface area contributed by atoms with Crippen molar-refractivity contribution in [2.75, 3.05) is 13.7 Å². The Bertz CT molecular complexity index is 531. The highest BCUT2D eigenvalue weighted by Gasteiger charge is 2.17. The molecule has 1 aliphatic carbocycles. The van der Waals surface area contributed by atoms with Gasteiger partial charge in [-0.15, -0.1) is 0 Å². The Labute approximate surface area is 131 Å². The van der Waals surface area contributed by atoms with Gasteiger partial charge in [-0.05, 0) is 32.8 Å². The Balaban J connectivity index is 2.01. The molecule has 0 saturated heterocycles. The molecule has 0 aliphatic heterocycles. The molecule has 2 N–H and O–H groups in total. The van der Waals surface area contributed by atoms with Crippen LogP contribution in [-0.2, 0) is 11.3 Å². The van der Waals surface area contributed by atoms with Crippen LogP contribution < -0.4 is 10.6 Å². The second-order valence-corrected chi connectivity index (χ2v) is 5.50. The molecule has 0 aromatic carbocycles. The summed E-state index contributed by atoms with van der Waals surface area (Å²) in [6.07, 6.45) is 4.93. The summed E-state index contributed by atoms with van der Waals surface area (Å²) < 4.78 is 10.3. The summed E-state index contributed by atoms with van der Waals surface area (Å²) in [5.41, 5.74) is 0.460. The average Bonchev–Trinajstić information content (AvgIpc) is 3.14. The Hall–Kier alpha value is -1.98. The maximum atomic E-state index is 11.6. The summed E-state index contributed by atoms with van der Waals surface area (Å²) in [6.45, 7) is 4.99. The number of carbonyl (C=O) groups is 1. The van der Waals surface area contributed by atoms with Gasteiger partial charge in [0.2, 0.25) is 0 Å². The summed E-state index contributed by atoms with van der Waals surface area (Å²) in [5.74, 6) is 1.63. The van der Waals surface area contributed by atoms with Crippen LogP contribution in [0.15, 0.2) is 15.5 Å². The van der Waals surface area contributed by atoms with Gasteiger partial charge >= 0.3 is 5.97 Å². The number of rotatable bonds is 5. The third-order valence-electron chi connectivity index (χ3n) is 3.81. The topological polar surface area (TPSA) is 75.9 Å². The van der Waals surface area contributed by atoms with Gasteiger partial charge in [-0.3, -0.25) is 0 Å². The Morgan fingerprint density at radius 2 is 2.18 bits per heavy atom. The van der Waals surface area contributed by atoms with Gasteiger partial charge < -0.3 is 19.8 Å². The van der Waals surface area contributed by atoms with Crippen LogP contribution in [0.25, 0.3) is 0 Å². The van der Waals surface area contributed by atoms with E-state index in [1.165, 1.54) is 32.8 Å². The molecule has 0 unspecified atom stereocenters.